The summed E-state index contributed by atoms with van der Waals surface area (Å²) in [5.41, 5.74) is 1.40. The summed E-state index contributed by atoms with van der Waals surface area (Å²) in [5.74, 6) is 0.542. The quantitative estimate of drug-likeness (QED) is 0.744. The van der Waals surface area contributed by atoms with Crippen molar-refractivity contribution in [1.29, 1.82) is 0 Å². The van der Waals surface area contributed by atoms with Crippen LogP contribution in [0.25, 0.3) is 0 Å². The van der Waals surface area contributed by atoms with Gasteiger partial charge in [-0.15, -0.1) is 0 Å². The minimum Gasteiger partial charge on any atom is -0.496 e. The van der Waals surface area contributed by atoms with Crippen LogP contribution in [0.3, 0.4) is 0 Å². The molecule has 0 heterocycles. The second-order valence-corrected chi connectivity index (χ2v) is 5.22. The van der Waals surface area contributed by atoms with Crippen LogP contribution < -0.4 is 14.8 Å². The van der Waals surface area contributed by atoms with Crippen LogP contribution in [-0.2, 0) is 16.0 Å². The first kappa shape index (κ1) is 18.3. The third-order valence-electron chi connectivity index (χ3n) is 3.53. The molecule has 0 aliphatic rings. The van der Waals surface area contributed by atoms with E-state index in [-0.39, 0.29) is 12.5 Å². The van der Waals surface area contributed by atoms with Gasteiger partial charge in [0.2, 0.25) is 0 Å². The molecule has 2 rings (SSSR count). The van der Waals surface area contributed by atoms with Gasteiger partial charge in [-0.25, -0.2) is 4.79 Å². The first-order valence-electron chi connectivity index (χ1n) is 7.84. The molecule has 2 aromatic carbocycles. The van der Waals surface area contributed by atoms with Gasteiger partial charge in [0.05, 0.1) is 19.8 Å². The summed E-state index contributed by atoms with van der Waals surface area (Å²) in [6.07, 6.45) is 0.660. The van der Waals surface area contributed by atoms with Gasteiger partial charge in [-0.3, -0.25) is 4.79 Å². The van der Waals surface area contributed by atoms with Gasteiger partial charge in [0.1, 0.15) is 11.5 Å². The maximum Gasteiger partial charge on any atom is 0.337 e. The minimum absolute atomic E-state index is 0.128. The SMILES string of the molecule is COC(=O)c1cccc(OCC(=O)NCCc2ccccc2OC)c1. The summed E-state index contributed by atoms with van der Waals surface area (Å²) in [6, 6.07) is 14.2. The predicted molar refractivity (Wildman–Crippen MR) is 93.0 cm³/mol. The highest BCUT2D eigenvalue weighted by Crippen LogP contribution is 2.17. The molecule has 0 saturated carbocycles. The standard InChI is InChI=1S/C19H21NO5/c1-23-17-9-4-3-6-14(17)10-11-20-18(21)13-25-16-8-5-7-15(12-16)19(22)24-2/h3-9,12H,10-11,13H2,1-2H3,(H,20,21). The molecule has 2 aromatic rings. The van der Waals surface area contributed by atoms with Gasteiger partial charge in [-0.1, -0.05) is 24.3 Å². The van der Waals surface area contributed by atoms with Crippen molar-refractivity contribution < 1.29 is 23.8 Å². The maximum atomic E-state index is 11.9. The molecule has 0 aromatic heterocycles. The number of carbonyl (C=O) groups is 2. The Labute approximate surface area is 146 Å². The minimum atomic E-state index is -0.452. The number of hydrogen-bond donors (Lipinski definition) is 1. The smallest absolute Gasteiger partial charge is 0.337 e. The summed E-state index contributed by atoms with van der Waals surface area (Å²) < 4.78 is 15.3. The zero-order chi connectivity index (χ0) is 18.1. The average molecular weight is 343 g/mol. The Bertz CT molecular complexity index is 729. The number of methoxy groups -OCH3 is 2. The van der Waals surface area contributed by atoms with Crippen LogP contribution in [0.2, 0.25) is 0 Å². The summed E-state index contributed by atoms with van der Waals surface area (Å²) in [4.78, 5) is 23.3. The predicted octanol–water partition coefficient (Wildman–Crippen LogP) is 2.22. The highest BCUT2D eigenvalue weighted by Gasteiger charge is 2.08. The van der Waals surface area contributed by atoms with Crippen LogP contribution in [0, 0.1) is 0 Å². The fourth-order valence-electron chi connectivity index (χ4n) is 2.28. The number of esters is 1. The second-order valence-electron chi connectivity index (χ2n) is 5.22. The van der Waals surface area contributed by atoms with Crippen molar-refractivity contribution in [2.75, 3.05) is 27.4 Å². The van der Waals surface area contributed by atoms with E-state index in [9.17, 15) is 9.59 Å². The molecule has 0 aliphatic carbocycles. The Balaban J connectivity index is 1.78. The lowest BCUT2D eigenvalue weighted by molar-refractivity contribution is -0.123. The Morgan fingerprint density at radius 1 is 1.04 bits per heavy atom. The van der Waals surface area contributed by atoms with Crippen molar-refractivity contribution in [2.24, 2.45) is 0 Å². The van der Waals surface area contributed by atoms with Crippen molar-refractivity contribution in [3.05, 3.63) is 59.7 Å². The molecule has 25 heavy (non-hydrogen) atoms. The number of benzene rings is 2. The van der Waals surface area contributed by atoms with Gasteiger partial charge in [0.25, 0.3) is 5.91 Å². The fourth-order valence-corrected chi connectivity index (χ4v) is 2.28. The van der Waals surface area contributed by atoms with Crippen molar-refractivity contribution in [2.45, 2.75) is 6.42 Å². The Hall–Kier alpha value is -3.02. The first-order chi connectivity index (χ1) is 12.1. The topological polar surface area (TPSA) is 73.9 Å². The lowest BCUT2D eigenvalue weighted by Gasteiger charge is -2.10. The Kier molecular flexibility index (Phi) is 6.83. The largest absolute Gasteiger partial charge is 0.496 e. The van der Waals surface area contributed by atoms with Crippen LogP contribution in [0.4, 0.5) is 0 Å². The molecule has 0 fully saturated rings. The van der Waals surface area contributed by atoms with E-state index in [1.807, 2.05) is 24.3 Å². The molecule has 6 heteroatoms. The van der Waals surface area contributed by atoms with Gasteiger partial charge < -0.3 is 19.5 Å². The summed E-state index contributed by atoms with van der Waals surface area (Å²) >= 11 is 0. The van der Waals surface area contributed by atoms with Crippen molar-refractivity contribution >= 4 is 11.9 Å². The number of amides is 1. The fraction of sp³-hybridized carbons (Fsp3) is 0.263. The highest BCUT2D eigenvalue weighted by atomic mass is 16.5. The molecule has 0 aliphatic heterocycles. The lowest BCUT2D eigenvalue weighted by Crippen LogP contribution is -2.30. The van der Waals surface area contributed by atoms with Gasteiger partial charge in [-0.2, -0.15) is 0 Å². The molecule has 0 saturated heterocycles. The van der Waals surface area contributed by atoms with Crippen molar-refractivity contribution in [3.8, 4) is 11.5 Å². The number of hydrogen-bond acceptors (Lipinski definition) is 5. The van der Waals surface area contributed by atoms with E-state index in [4.69, 9.17) is 9.47 Å². The molecule has 1 N–H and O–H groups in total. The molecule has 0 spiro atoms. The third kappa shape index (κ3) is 5.53. The average Bonchev–Trinajstić information content (AvgIpc) is 2.66. The molecule has 1 amide bonds. The van der Waals surface area contributed by atoms with Gasteiger partial charge >= 0.3 is 5.97 Å². The number of rotatable bonds is 8. The number of ether oxygens (including phenoxy) is 3. The van der Waals surface area contributed by atoms with E-state index >= 15 is 0 Å². The monoisotopic (exact) mass is 343 g/mol. The van der Waals surface area contributed by atoms with E-state index in [0.29, 0.717) is 24.3 Å². The number of carbonyl (C=O) groups excluding carboxylic acids is 2. The van der Waals surface area contributed by atoms with Crippen LogP contribution in [-0.4, -0.2) is 39.2 Å². The molecule has 0 bridgehead atoms. The molecule has 132 valence electrons. The van der Waals surface area contributed by atoms with E-state index in [1.165, 1.54) is 13.2 Å². The highest BCUT2D eigenvalue weighted by molar-refractivity contribution is 5.89. The van der Waals surface area contributed by atoms with E-state index in [1.54, 1.807) is 25.3 Å². The van der Waals surface area contributed by atoms with Gasteiger partial charge in [-0.05, 0) is 36.2 Å². The lowest BCUT2D eigenvalue weighted by atomic mass is 10.1. The van der Waals surface area contributed by atoms with E-state index in [2.05, 4.69) is 10.1 Å². The summed E-state index contributed by atoms with van der Waals surface area (Å²) in [7, 11) is 2.93. The van der Waals surface area contributed by atoms with E-state index in [0.717, 1.165) is 11.3 Å². The summed E-state index contributed by atoms with van der Waals surface area (Å²) in [5, 5.41) is 2.79. The number of para-hydroxylation sites is 1. The molecule has 0 atom stereocenters. The van der Waals surface area contributed by atoms with Gasteiger partial charge in [0, 0.05) is 6.54 Å². The molecule has 6 nitrogen and oxygen atoms in total. The second kappa shape index (κ2) is 9.32. The van der Waals surface area contributed by atoms with Crippen LogP contribution in [0.1, 0.15) is 15.9 Å². The number of nitrogens with one attached hydrogen (secondary N) is 1. The van der Waals surface area contributed by atoms with Gasteiger partial charge in [0.15, 0.2) is 6.61 Å². The molecule has 0 radical (unpaired) electrons. The van der Waals surface area contributed by atoms with Crippen LogP contribution >= 0.6 is 0 Å². The van der Waals surface area contributed by atoms with Crippen molar-refractivity contribution in [3.63, 3.8) is 0 Å². The molecule has 0 unspecified atom stereocenters. The van der Waals surface area contributed by atoms with Crippen LogP contribution in [0.5, 0.6) is 11.5 Å². The molecular formula is C19H21NO5. The van der Waals surface area contributed by atoms with Crippen LogP contribution in [0.15, 0.2) is 48.5 Å². The van der Waals surface area contributed by atoms with Crippen molar-refractivity contribution in [1.82, 2.24) is 5.32 Å². The molecular weight excluding hydrogens is 322 g/mol. The zero-order valence-electron chi connectivity index (χ0n) is 14.3. The normalized spacial score (nSPS) is 10.0. The zero-order valence-corrected chi connectivity index (χ0v) is 14.3. The first-order valence-corrected chi connectivity index (χ1v) is 7.84. The third-order valence-corrected chi connectivity index (χ3v) is 3.53. The Morgan fingerprint density at radius 3 is 2.60 bits per heavy atom. The maximum absolute atomic E-state index is 11.9. The van der Waals surface area contributed by atoms with E-state index < -0.39 is 5.97 Å². The Morgan fingerprint density at radius 2 is 1.84 bits per heavy atom. The summed E-state index contributed by atoms with van der Waals surface area (Å²) in [6.45, 7) is 0.349.